The first kappa shape index (κ1) is 19.4. The lowest BCUT2D eigenvalue weighted by atomic mass is 10.1. The van der Waals surface area contributed by atoms with Gasteiger partial charge >= 0.3 is 0 Å². The second kappa shape index (κ2) is 9.04. The number of nitrogens with one attached hydrogen (secondary N) is 1. The van der Waals surface area contributed by atoms with E-state index in [9.17, 15) is 9.59 Å². The summed E-state index contributed by atoms with van der Waals surface area (Å²) < 4.78 is 6.35. The molecule has 0 bridgehead atoms. The van der Waals surface area contributed by atoms with Crippen LogP contribution in [0, 0.1) is 0 Å². The van der Waals surface area contributed by atoms with Gasteiger partial charge in [-0.15, -0.1) is 0 Å². The van der Waals surface area contributed by atoms with Crippen molar-refractivity contribution in [3.05, 3.63) is 58.1 Å². The van der Waals surface area contributed by atoms with Crippen molar-refractivity contribution in [2.24, 2.45) is 0 Å². The first-order valence-electron chi connectivity index (χ1n) is 9.21. The molecule has 2 aromatic carbocycles. The minimum absolute atomic E-state index is 0.0528. The van der Waals surface area contributed by atoms with Crippen LogP contribution < -0.4 is 10.1 Å². The third-order valence-corrected chi connectivity index (χ3v) is 5.06. The van der Waals surface area contributed by atoms with Gasteiger partial charge in [-0.3, -0.25) is 9.59 Å². The number of nitrogens with zero attached hydrogens (tertiary/aromatic N) is 1. The van der Waals surface area contributed by atoms with Crippen molar-refractivity contribution in [2.45, 2.75) is 26.2 Å². The van der Waals surface area contributed by atoms with Gasteiger partial charge in [-0.1, -0.05) is 6.92 Å². The van der Waals surface area contributed by atoms with Crippen LogP contribution in [-0.4, -0.2) is 36.4 Å². The van der Waals surface area contributed by atoms with Crippen LogP contribution in [0.5, 0.6) is 5.75 Å². The summed E-state index contributed by atoms with van der Waals surface area (Å²) in [4.78, 5) is 26.7. The molecule has 2 aromatic rings. The van der Waals surface area contributed by atoms with E-state index in [1.54, 1.807) is 42.5 Å². The zero-order valence-electron chi connectivity index (χ0n) is 15.3. The molecule has 3 rings (SSSR count). The molecule has 1 aliphatic heterocycles. The van der Waals surface area contributed by atoms with Crippen LogP contribution in [-0.2, 0) is 0 Å². The predicted octanol–water partition coefficient (Wildman–Crippen LogP) is 4.73. The molecular formula is C21H23BrN2O3. The smallest absolute Gasteiger partial charge is 0.255 e. The third kappa shape index (κ3) is 4.89. The molecule has 0 aliphatic carbocycles. The average Bonchev–Trinajstić information content (AvgIpc) is 3.22. The highest BCUT2D eigenvalue weighted by Gasteiger charge is 2.19. The van der Waals surface area contributed by atoms with Crippen molar-refractivity contribution in [1.82, 2.24) is 4.90 Å². The average molecular weight is 431 g/mol. The minimum atomic E-state index is -0.212. The Labute approximate surface area is 167 Å². The maximum Gasteiger partial charge on any atom is 0.255 e. The molecule has 0 spiro atoms. The van der Waals surface area contributed by atoms with Crippen LogP contribution in [0.3, 0.4) is 0 Å². The molecule has 1 saturated heterocycles. The monoisotopic (exact) mass is 430 g/mol. The van der Waals surface area contributed by atoms with Crippen LogP contribution in [0.1, 0.15) is 46.9 Å². The summed E-state index contributed by atoms with van der Waals surface area (Å²) in [5.41, 5.74) is 1.83. The SMILES string of the molecule is CCCOc1ccc(C(=O)Nc2ccc(C(=O)N3CCCC3)cc2)cc1Br. The second-order valence-corrected chi connectivity index (χ2v) is 7.38. The van der Waals surface area contributed by atoms with Crippen molar-refractivity contribution in [3.8, 4) is 5.75 Å². The highest BCUT2D eigenvalue weighted by atomic mass is 79.9. The Morgan fingerprint density at radius 2 is 1.74 bits per heavy atom. The zero-order chi connectivity index (χ0) is 19.2. The topological polar surface area (TPSA) is 58.6 Å². The van der Waals surface area contributed by atoms with E-state index >= 15 is 0 Å². The highest BCUT2D eigenvalue weighted by molar-refractivity contribution is 9.10. The molecule has 0 aromatic heterocycles. The van der Waals surface area contributed by atoms with Crippen LogP contribution in [0.15, 0.2) is 46.9 Å². The maximum absolute atomic E-state index is 12.5. The number of hydrogen-bond acceptors (Lipinski definition) is 3. The minimum Gasteiger partial charge on any atom is -0.492 e. The molecule has 6 heteroatoms. The van der Waals surface area contributed by atoms with E-state index in [4.69, 9.17) is 4.74 Å². The molecule has 27 heavy (non-hydrogen) atoms. The number of carbonyl (C=O) groups excluding carboxylic acids is 2. The van der Waals surface area contributed by atoms with Crippen molar-refractivity contribution in [3.63, 3.8) is 0 Å². The molecule has 0 atom stereocenters. The van der Waals surface area contributed by atoms with Crippen molar-refractivity contribution < 1.29 is 14.3 Å². The van der Waals surface area contributed by atoms with E-state index in [1.165, 1.54) is 0 Å². The van der Waals surface area contributed by atoms with E-state index in [0.717, 1.165) is 42.6 Å². The number of benzene rings is 2. The highest BCUT2D eigenvalue weighted by Crippen LogP contribution is 2.26. The van der Waals surface area contributed by atoms with E-state index in [2.05, 4.69) is 21.2 Å². The molecule has 1 fully saturated rings. The van der Waals surface area contributed by atoms with Gasteiger partial charge in [0.25, 0.3) is 11.8 Å². The summed E-state index contributed by atoms with van der Waals surface area (Å²) in [5, 5.41) is 2.86. The Hall–Kier alpha value is -2.34. The third-order valence-electron chi connectivity index (χ3n) is 4.44. The Bertz CT molecular complexity index is 815. The van der Waals surface area contributed by atoms with Gasteiger partial charge in [0.15, 0.2) is 0 Å². The summed E-state index contributed by atoms with van der Waals surface area (Å²) in [5.74, 6) is 0.562. The van der Waals surface area contributed by atoms with Crippen molar-refractivity contribution in [1.29, 1.82) is 0 Å². The Morgan fingerprint density at radius 3 is 2.37 bits per heavy atom. The van der Waals surface area contributed by atoms with Gasteiger partial charge in [0.05, 0.1) is 11.1 Å². The fourth-order valence-electron chi connectivity index (χ4n) is 2.97. The number of hydrogen-bond donors (Lipinski definition) is 1. The standard InChI is InChI=1S/C21H23BrN2O3/c1-2-13-27-19-10-7-16(14-18(19)22)20(25)23-17-8-5-15(6-9-17)21(26)24-11-3-4-12-24/h5-10,14H,2-4,11-13H2,1H3,(H,23,25). The van der Waals surface area contributed by atoms with Gasteiger partial charge in [0, 0.05) is 29.9 Å². The Morgan fingerprint density at radius 1 is 1.07 bits per heavy atom. The maximum atomic E-state index is 12.5. The normalized spacial score (nSPS) is 13.5. The summed E-state index contributed by atoms with van der Waals surface area (Å²) >= 11 is 3.44. The number of anilines is 1. The van der Waals surface area contributed by atoms with E-state index < -0.39 is 0 Å². The van der Waals surface area contributed by atoms with Crippen molar-refractivity contribution in [2.75, 3.05) is 25.0 Å². The molecule has 142 valence electrons. The van der Waals surface area contributed by atoms with Crippen LogP contribution in [0.25, 0.3) is 0 Å². The van der Waals surface area contributed by atoms with E-state index in [-0.39, 0.29) is 11.8 Å². The molecule has 0 radical (unpaired) electrons. The molecule has 1 N–H and O–H groups in total. The first-order chi connectivity index (χ1) is 13.1. The van der Waals surface area contributed by atoms with E-state index in [0.29, 0.717) is 23.4 Å². The lowest BCUT2D eigenvalue weighted by Gasteiger charge is -2.15. The number of rotatable bonds is 6. The Kier molecular flexibility index (Phi) is 6.50. The zero-order valence-corrected chi connectivity index (χ0v) is 16.9. The summed E-state index contributed by atoms with van der Waals surface area (Å²) in [6, 6.07) is 12.3. The quantitative estimate of drug-likeness (QED) is 0.720. The number of amides is 2. The molecule has 1 heterocycles. The van der Waals surface area contributed by atoms with Gasteiger partial charge in [-0.25, -0.2) is 0 Å². The summed E-state index contributed by atoms with van der Waals surface area (Å²) in [7, 11) is 0. The molecule has 1 aliphatic rings. The fraction of sp³-hybridized carbons (Fsp3) is 0.333. The second-order valence-electron chi connectivity index (χ2n) is 6.52. The fourth-order valence-corrected chi connectivity index (χ4v) is 3.47. The molecular weight excluding hydrogens is 408 g/mol. The largest absolute Gasteiger partial charge is 0.492 e. The van der Waals surface area contributed by atoms with Crippen LogP contribution >= 0.6 is 15.9 Å². The molecule has 0 unspecified atom stereocenters. The van der Waals surface area contributed by atoms with Gasteiger partial charge in [-0.2, -0.15) is 0 Å². The number of ether oxygens (including phenoxy) is 1. The molecule has 0 saturated carbocycles. The summed E-state index contributed by atoms with van der Waals surface area (Å²) in [6.07, 6.45) is 3.06. The van der Waals surface area contributed by atoms with Gasteiger partial charge in [0.1, 0.15) is 5.75 Å². The lowest BCUT2D eigenvalue weighted by molar-refractivity contribution is 0.0792. The van der Waals surface area contributed by atoms with Crippen molar-refractivity contribution >= 4 is 33.4 Å². The van der Waals surface area contributed by atoms with Crippen LogP contribution in [0.4, 0.5) is 5.69 Å². The summed E-state index contributed by atoms with van der Waals surface area (Å²) in [6.45, 7) is 4.32. The molecule has 2 amide bonds. The molecule has 5 nitrogen and oxygen atoms in total. The van der Waals surface area contributed by atoms with Gasteiger partial charge < -0.3 is 15.0 Å². The number of carbonyl (C=O) groups is 2. The van der Waals surface area contributed by atoms with Crippen LogP contribution in [0.2, 0.25) is 0 Å². The van der Waals surface area contributed by atoms with Gasteiger partial charge in [0.2, 0.25) is 0 Å². The number of likely N-dealkylation sites (tertiary alicyclic amines) is 1. The number of halogens is 1. The first-order valence-corrected chi connectivity index (χ1v) is 10.0. The Balaban J connectivity index is 1.63. The predicted molar refractivity (Wildman–Crippen MR) is 109 cm³/mol. The lowest BCUT2D eigenvalue weighted by Crippen LogP contribution is -2.27. The van der Waals surface area contributed by atoms with Gasteiger partial charge in [-0.05, 0) is 77.7 Å². The van der Waals surface area contributed by atoms with E-state index in [1.807, 2.05) is 11.8 Å².